The standard InChI is InChI=1S/C5H7N2S.3C4H9.Sn/c1-7(2)5-6-3-4-8-5;3*1-3-4-2;/h3H,1-2H3;3*1,3-4H2,2H3;. The molecule has 0 amide bonds. The molecule has 0 aliphatic rings. The molecule has 0 unspecified atom stereocenters. The Morgan fingerprint density at radius 2 is 1.43 bits per heavy atom. The Balaban J connectivity index is 3.03. The van der Waals surface area contributed by atoms with Gasteiger partial charge < -0.3 is 0 Å². The van der Waals surface area contributed by atoms with Gasteiger partial charge in [0.15, 0.2) is 0 Å². The van der Waals surface area contributed by atoms with E-state index in [0.29, 0.717) is 0 Å². The van der Waals surface area contributed by atoms with Gasteiger partial charge in [0.2, 0.25) is 0 Å². The molecular formula is C17H34N2SSn. The summed E-state index contributed by atoms with van der Waals surface area (Å²) < 4.78 is 6.36. The third-order valence-electron chi connectivity index (χ3n) is 4.43. The van der Waals surface area contributed by atoms with Crippen LogP contribution in [0.25, 0.3) is 0 Å². The minimum atomic E-state index is -2.21. The Labute approximate surface area is 140 Å². The molecule has 0 N–H and O–H groups in total. The average molecular weight is 417 g/mol. The maximum atomic E-state index is 4.70. The Morgan fingerprint density at radius 1 is 0.952 bits per heavy atom. The van der Waals surface area contributed by atoms with E-state index in [1.54, 1.807) is 16.2 Å². The molecule has 0 saturated heterocycles. The third-order valence-corrected chi connectivity index (χ3v) is 23.8. The SMILES string of the molecule is CCC[CH2][Sn]([CH2]CCC)([CH2]CCC)[c]1cnc(N(C)C)s1. The fourth-order valence-electron chi connectivity index (χ4n) is 3.01. The van der Waals surface area contributed by atoms with Gasteiger partial charge in [-0.25, -0.2) is 0 Å². The Hall–Kier alpha value is 0.229. The van der Waals surface area contributed by atoms with Crippen LogP contribution >= 0.6 is 11.3 Å². The molecule has 0 aliphatic heterocycles. The van der Waals surface area contributed by atoms with Crippen molar-refractivity contribution in [3.63, 3.8) is 0 Å². The van der Waals surface area contributed by atoms with Crippen LogP contribution in [0.5, 0.6) is 0 Å². The van der Waals surface area contributed by atoms with Gasteiger partial charge in [-0.3, -0.25) is 0 Å². The van der Waals surface area contributed by atoms with E-state index in [0.717, 1.165) is 0 Å². The van der Waals surface area contributed by atoms with Crippen LogP contribution in [0.3, 0.4) is 0 Å². The van der Waals surface area contributed by atoms with Gasteiger partial charge >= 0.3 is 141 Å². The van der Waals surface area contributed by atoms with E-state index in [1.807, 2.05) is 11.3 Å². The molecular weight excluding hydrogens is 383 g/mol. The van der Waals surface area contributed by atoms with Crippen molar-refractivity contribution < 1.29 is 0 Å². The fourth-order valence-corrected chi connectivity index (χ4v) is 22.5. The van der Waals surface area contributed by atoms with Crippen molar-refractivity contribution in [1.29, 1.82) is 0 Å². The van der Waals surface area contributed by atoms with Crippen LogP contribution in [0.15, 0.2) is 6.20 Å². The van der Waals surface area contributed by atoms with Crippen LogP contribution in [0, 0.1) is 0 Å². The van der Waals surface area contributed by atoms with Crippen molar-refractivity contribution in [2.45, 2.75) is 72.6 Å². The molecule has 1 heterocycles. The third kappa shape index (κ3) is 5.74. The average Bonchev–Trinajstić information content (AvgIpc) is 2.97. The molecule has 0 aliphatic carbocycles. The second-order valence-corrected chi connectivity index (χ2v) is 21.7. The van der Waals surface area contributed by atoms with E-state index >= 15 is 0 Å². The molecule has 0 fully saturated rings. The van der Waals surface area contributed by atoms with E-state index in [2.05, 4.69) is 46.0 Å². The van der Waals surface area contributed by atoms with Crippen molar-refractivity contribution in [1.82, 2.24) is 4.98 Å². The first-order chi connectivity index (χ1) is 10.1. The maximum absolute atomic E-state index is 4.70. The zero-order valence-corrected chi connectivity index (χ0v) is 18.4. The van der Waals surface area contributed by atoms with E-state index < -0.39 is 18.4 Å². The first-order valence-corrected chi connectivity index (χ1v) is 17.0. The summed E-state index contributed by atoms with van der Waals surface area (Å²) in [7, 11) is 4.23. The Kier molecular flexibility index (Phi) is 9.26. The van der Waals surface area contributed by atoms with Gasteiger partial charge in [-0.1, -0.05) is 0 Å². The molecule has 1 rings (SSSR count). The summed E-state index contributed by atoms with van der Waals surface area (Å²) in [6, 6.07) is 0. The summed E-state index contributed by atoms with van der Waals surface area (Å²) in [4.78, 5) is 6.87. The van der Waals surface area contributed by atoms with Gasteiger partial charge in [0.1, 0.15) is 0 Å². The normalized spacial score (nSPS) is 11.9. The number of unbranched alkanes of at least 4 members (excludes halogenated alkanes) is 3. The number of nitrogens with zero attached hydrogens (tertiary/aromatic N) is 2. The van der Waals surface area contributed by atoms with Gasteiger partial charge in [0, 0.05) is 0 Å². The first kappa shape index (κ1) is 19.3. The summed E-state index contributed by atoms with van der Waals surface area (Å²) in [5.41, 5.74) is 0. The van der Waals surface area contributed by atoms with Crippen LogP contribution in [-0.2, 0) is 0 Å². The molecule has 0 aromatic carbocycles. The molecule has 0 saturated carbocycles. The predicted molar refractivity (Wildman–Crippen MR) is 101 cm³/mol. The van der Waals surface area contributed by atoms with Gasteiger partial charge in [0.25, 0.3) is 0 Å². The van der Waals surface area contributed by atoms with Gasteiger partial charge in [-0.05, 0) is 0 Å². The zero-order valence-electron chi connectivity index (χ0n) is 14.7. The van der Waals surface area contributed by atoms with Crippen LogP contribution in [-0.4, -0.2) is 37.5 Å². The van der Waals surface area contributed by atoms with Crippen LogP contribution < -0.4 is 7.79 Å². The topological polar surface area (TPSA) is 16.1 Å². The summed E-state index contributed by atoms with van der Waals surface area (Å²) in [6.07, 6.45) is 10.6. The number of anilines is 1. The van der Waals surface area contributed by atoms with Crippen molar-refractivity contribution in [3.05, 3.63) is 6.20 Å². The molecule has 0 spiro atoms. The Bertz CT molecular complexity index is 368. The second kappa shape index (κ2) is 10.1. The molecule has 0 atom stereocenters. The summed E-state index contributed by atoms with van der Waals surface area (Å²) in [5.74, 6) is 0. The zero-order chi connectivity index (χ0) is 15.7. The van der Waals surface area contributed by atoms with E-state index in [1.165, 1.54) is 43.7 Å². The number of hydrogen-bond acceptors (Lipinski definition) is 3. The van der Waals surface area contributed by atoms with E-state index in [-0.39, 0.29) is 0 Å². The predicted octanol–water partition coefficient (Wildman–Crippen LogP) is 5.27. The Morgan fingerprint density at radius 3 is 1.76 bits per heavy atom. The van der Waals surface area contributed by atoms with Crippen molar-refractivity contribution in [2.75, 3.05) is 19.0 Å². The molecule has 122 valence electrons. The molecule has 21 heavy (non-hydrogen) atoms. The second-order valence-electron chi connectivity index (χ2n) is 6.49. The first-order valence-electron chi connectivity index (χ1n) is 8.73. The molecule has 4 heteroatoms. The molecule has 1 aromatic rings. The van der Waals surface area contributed by atoms with Crippen molar-refractivity contribution >= 4 is 37.7 Å². The van der Waals surface area contributed by atoms with Crippen molar-refractivity contribution in [3.8, 4) is 0 Å². The quantitative estimate of drug-likeness (QED) is 0.457. The fraction of sp³-hybridized carbons (Fsp3) is 0.824. The number of rotatable bonds is 11. The summed E-state index contributed by atoms with van der Waals surface area (Å²) >= 11 is -0.200. The summed E-state index contributed by atoms with van der Waals surface area (Å²) in [5, 5.41) is 1.20. The van der Waals surface area contributed by atoms with E-state index in [4.69, 9.17) is 4.98 Å². The number of thiazole rings is 1. The number of aromatic nitrogens is 1. The molecule has 0 radical (unpaired) electrons. The van der Waals surface area contributed by atoms with Crippen LogP contribution in [0.1, 0.15) is 59.3 Å². The van der Waals surface area contributed by atoms with Gasteiger partial charge in [-0.2, -0.15) is 0 Å². The van der Waals surface area contributed by atoms with Gasteiger partial charge in [-0.15, -0.1) is 0 Å². The van der Waals surface area contributed by atoms with Crippen LogP contribution in [0.2, 0.25) is 13.3 Å². The molecule has 2 nitrogen and oxygen atoms in total. The van der Waals surface area contributed by atoms with Crippen molar-refractivity contribution in [2.24, 2.45) is 0 Å². The van der Waals surface area contributed by atoms with Gasteiger partial charge in [0.05, 0.1) is 0 Å². The van der Waals surface area contributed by atoms with E-state index in [9.17, 15) is 0 Å². The number of hydrogen-bond donors (Lipinski definition) is 0. The summed E-state index contributed by atoms with van der Waals surface area (Å²) in [6.45, 7) is 7.02. The molecule has 0 bridgehead atoms. The molecule has 1 aromatic heterocycles. The van der Waals surface area contributed by atoms with Crippen LogP contribution in [0.4, 0.5) is 5.13 Å². The monoisotopic (exact) mass is 418 g/mol. The minimum absolute atomic E-state index is 1.20.